The van der Waals surface area contributed by atoms with E-state index in [1.807, 2.05) is 0 Å². The molecule has 1 heterocycles. The Morgan fingerprint density at radius 2 is 2.25 bits per heavy atom. The molecule has 0 saturated carbocycles. The van der Waals surface area contributed by atoms with Crippen LogP contribution in [-0.4, -0.2) is 42.4 Å². The predicted molar refractivity (Wildman–Crippen MR) is 59.0 cm³/mol. The normalized spacial score (nSPS) is 21.2. The quantitative estimate of drug-likeness (QED) is 0.837. The Kier molecular flexibility index (Phi) is 3.74. The smallest absolute Gasteiger partial charge is 0.165 e. The van der Waals surface area contributed by atoms with Crippen LogP contribution < -0.4 is 4.74 Å². The van der Waals surface area contributed by atoms with Gasteiger partial charge in [0.2, 0.25) is 0 Å². The molecule has 88 valence electrons. The molecule has 3 nitrogen and oxygen atoms in total. The number of benzene rings is 1. The van der Waals surface area contributed by atoms with Crippen molar-refractivity contribution in [1.29, 1.82) is 0 Å². The highest BCUT2D eigenvalue weighted by Crippen LogP contribution is 2.15. The van der Waals surface area contributed by atoms with E-state index >= 15 is 0 Å². The molecule has 2 rings (SSSR count). The second-order valence-electron chi connectivity index (χ2n) is 4.02. The van der Waals surface area contributed by atoms with E-state index in [-0.39, 0.29) is 11.9 Å². The maximum Gasteiger partial charge on any atom is 0.165 e. The zero-order chi connectivity index (χ0) is 11.4. The number of hydrogen-bond donors (Lipinski definition) is 1. The van der Waals surface area contributed by atoms with Gasteiger partial charge in [0.15, 0.2) is 11.6 Å². The van der Waals surface area contributed by atoms with Gasteiger partial charge >= 0.3 is 0 Å². The van der Waals surface area contributed by atoms with Gasteiger partial charge in [0.05, 0.1) is 6.10 Å². The van der Waals surface area contributed by atoms with Crippen molar-refractivity contribution in [2.75, 3.05) is 26.2 Å². The molecule has 0 bridgehead atoms. The maximum atomic E-state index is 13.2. The van der Waals surface area contributed by atoms with E-state index in [4.69, 9.17) is 4.74 Å². The molecular formula is C12H16FNO2. The first-order valence-electron chi connectivity index (χ1n) is 5.53. The van der Waals surface area contributed by atoms with Crippen molar-refractivity contribution < 1.29 is 14.2 Å². The maximum absolute atomic E-state index is 13.2. The molecule has 0 aliphatic carbocycles. The number of hydrogen-bond acceptors (Lipinski definition) is 3. The monoisotopic (exact) mass is 225 g/mol. The van der Waals surface area contributed by atoms with Gasteiger partial charge in [-0.2, -0.15) is 0 Å². The lowest BCUT2D eigenvalue weighted by Gasteiger charge is -2.15. The third kappa shape index (κ3) is 2.93. The van der Waals surface area contributed by atoms with Crippen LogP contribution in [0.4, 0.5) is 4.39 Å². The molecule has 1 aliphatic heterocycles. The molecule has 1 atom stereocenters. The minimum atomic E-state index is -0.330. The van der Waals surface area contributed by atoms with Gasteiger partial charge in [0.1, 0.15) is 6.61 Å². The van der Waals surface area contributed by atoms with Crippen LogP contribution in [-0.2, 0) is 0 Å². The average Bonchev–Trinajstić information content (AvgIpc) is 2.67. The second-order valence-corrected chi connectivity index (χ2v) is 4.02. The molecule has 1 fully saturated rings. The fourth-order valence-electron chi connectivity index (χ4n) is 1.86. The molecule has 16 heavy (non-hydrogen) atoms. The Bertz CT molecular complexity index is 346. The SMILES string of the molecule is O[C@@H]1CCN(CCOc2ccccc2F)C1. The molecular weight excluding hydrogens is 209 g/mol. The van der Waals surface area contributed by atoms with Gasteiger partial charge in [-0.05, 0) is 18.6 Å². The Morgan fingerprint density at radius 3 is 2.94 bits per heavy atom. The minimum absolute atomic E-state index is 0.214. The van der Waals surface area contributed by atoms with Crippen LogP contribution in [0.3, 0.4) is 0 Å². The fourth-order valence-corrected chi connectivity index (χ4v) is 1.86. The molecule has 1 aromatic rings. The first kappa shape index (κ1) is 11.4. The highest BCUT2D eigenvalue weighted by atomic mass is 19.1. The molecule has 1 saturated heterocycles. The average molecular weight is 225 g/mol. The van der Waals surface area contributed by atoms with Gasteiger partial charge in [0, 0.05) is 19.6 Å². The van der Waals surface area contributed by atoms with E-state index in [1.165, 1.54) is 6.07 Å². The van der Waals surface area contributed by atoms with E-state index in [0.717, 1.165) is 19.5 Å². The predicted octanol–water partition coefficient (Wildman–Crippen LogP) is 1.27. The summed E-state index contributed by atoms with van der Waals surface area (Å²) in [7, 11) is 0. The zero-order valence-corrected chi connectivity index (χ0v) is 9.10. The van der Waals surface area contributed by atoms with Crippen LogP contribution in [0.5, 0.6) is 5.75 Å². The van der Waals surface area contributed by atoms with Crippen LogP contribution >= 0.6 is 0 Å². The van der Waals surface area contributed by atoms with Crippen LogP contribution in [0.2, 0.25) is 0 Å². The van der Waals surface area contributed by atoms with Crippen molar-refractivity contribution in [2.45, 2.75) is 12.5 Å². The first-order valence-corrected chi connectivity index (χ1v) is 5.53. The standard InChI is InChI=1S/C12H16FNO2/c13-11-3-1-2-4-12(11)16-8-7-14-6-5-10(15)9-14/h1-4,10,15H,5-9H2/t10-/m1/s1. The van der Waals surface area contributed by atoms with Gasteiger partial charge in [-0.1, -0.05) is 12.1 Å². The van der Waals surface area contributed by atoms with Crippen molar-refractivity contribution in [2.24, 2.45) is 0 Å². The lowest BCUT2D eigenvalue weighted by Crippen LogP contribution is -2.27. The number of para-hydroxylation sites is 1. The van der Waals surface area contributed by atoms with Crippen LogP contribution in [0.1, 0.15) is 6.42 Å². The molecule has 0 unspecified atom stereocenters. The Labute approximate surface area is 94.4 Å². The van der Waals surface area contributed by atoms with Gasteiger partial charge in [-0.15, -0.1) is 0 Å². The molecule has 1 aliphatic rings. The number of aliphatic hydroxyl groups is 1. The van der Waals surface area contributed by atoms with Crippen molar-refractivity contribution in [3.8, 4) is 5.75 Å². The molecule has 0 spiro atoms. The summed E-state index contributed by atoms with van der Waals surface area (Å²) in [6.45, 7) is 2.77. The second kappa shape index (κ2) is 5.27. The number of aliphatic hydroxyl groups excluding tert-OH is 1. The topological polar surface area (TPSA) is 32.7 Å². The molecule has 0 aromatic heterocycles. The van der Waals surface area contributed by atoms with Crippen LogP contribution in [0, 0.1) is 5.82 Å². The van der Waals surface area contributed by atoms with Crippen molar-refractivity contribution in [3.63, 3.8) is 0 Å². The van der Waals surface area contributed by atoms with Gasteiger partial charge in [-0.3, -0.25) is 4.90 Å². The highest BCUT2D eigenvalue weighted by Gasteiger charge is 2.19. The van der Waals surface area contributed by atoms with E-state index in [9.17, 15) is 9.50 Å². The van der Waals surface area contributed by atoms with E-state index in [2.05, 4.69) is 4.90 Å². The number of ether oxygens (including phenoxy) is 1. The summed E-state index contributed by atoms with van der Waals surface area (Å²) < 4.78 is 18.5. The molecule has 4 heteroatoms. The Balaban J connectivity index is 1.74. The van der Waals surface area contributed by atoms with E-state index in [1.54, 1.807) is 18.2 Å². The van der Waals surface area contributed by atoms with Gasteiger partial charge < -0.3 is 9.84 Å². The highest BCUT2D eigenvalue weighted by molar-refractivity contribution is 5.23. The lowest BCUT2D eigenvalue weighted by molar-refractivity contribution is 0.166. The summed E-state index contributed by atoms with van der Waals surface area (Å²) in [5, 5.41) is 9.32. The third-order valence-electron chi connectivity index (χ3n) is 2.75. The first-order chi connectivity index (χ1) is 7.75. The molecule has 1 aromatic carbocycles. The molecule has 0 radical (unpaired) electrons. The lowest BCUT2D eigenvalue weighted by atomic mass is 10.3. The summed E-state index contributed by atoms with van der Waals surface area (Å²) >= 11 is 0. The summed E-state index contributed by atoms with van der Waals surface area (Å²) in [5.41, 5.74) is 0. The number of nitrogens with zero attached hydrogens (tertiary/aromatic N) is 1. The summed E-state index contributed by atoms with van der Waals surface area (Å²) in [6.07, 6.45) is 0.605. The van der Waals surface area contributed by atoms with E-state index < -0.39 is 0 Å². The molecule has 0 amide bonds. The number of rotatable bonds is 4. The Morgan fingerprint density at radius 1 is 1.44 bits per heavy atom. The fraction of sp³-hybridized carbons (Fsp3) is 0.500. The number of likely N-dealkylation sites (tertiary alicyclic amines) is 1. The Hall–Kier alpha value is -1.13. The van der Waals surface area contributed by atoms with Gasteiger partial charge in [0.25, 0.3) is 0 Å². The van der Waals surface area contributed by atoms with Crippen molar-refractivity contribution >= 4 is 0 Å². The van der Waals surface area contributed by atoms with Crippen molar-refractivity contribution in [3.05, 3.63) is 30.1 Å². The van der Waals surface area contributed by atoms with Crippen LogP contribution in [0.15, 0.2) is 24.3 Å². The summed E-state index contributed by atoms with van der Waals surface area (Å²) in [5.74, 6) is -0.0359. The largest absolute Gasteiger partial charge is 0.489 e. The van der Waals surface area contributed by atoms with Crippen molar-refractivity contribution in [1.82, 2.24) is 4.90 Å². The minimum Gasteiger partial charge on any atom is -0.489 e. The summed E-state index contributed by atoms with van der Waals surface area (Å²) in [6, 6.07) is 6.39. The van der Waals surface area contributed by atoms with Gasteiger partial charge in [-0.25, -0.2) is 4.39 Å². The van der Waals surface area contributed by atoms with Crippen LogP contribution in [0.25, 0.3) is 0 Å². The third-order valence-corrected chi connectivity index (χ3v) is 2.75. The zero-order valence-electron chi connectivity index (χ0n) is 9.10. The molecule has 1 N–H and O–H groups in total. The number of halogens is 1. The van der Waals surface area contributed by atoms with E-state index in [0.29, 0.717) is 18.9 Å². The number of β-amino-alcohol motifs (C(OH)–C–C–N with tert-alkyl or cyclic N) is 1. The summed E-state index contributed by atoms with van der Waals surface area (Å²) in [4.78, 5) is 2.12.